The summed E-state index contributed by atoms with van der Waals surface area (Å²) in [6, 6.07) is 21.1. The number of aryl methyl sites for hydroxylation is 1. The Kier molecular flexibility index (Phi) is 5.33. The molecule has 1 saturated heterocycles. The molecule has 2 aromatic carbocycles. The topological polar surface area (TPSA) is 82.9 Å². The molecule has 31 heavy (non-hydrogen) atoms. The van der Waals surface area contributed by atoms with Crippen LogP contribution in [0.1, 0.15) is 22.6 Å². The van der Waals surface area contributed by atoms with E-state index in [9.17, 15) is 14.4 Å². The Morgan fingerprint density at radius 3 is 2.06 bits per heavy atom. The molecular formula is C24H23N3O4. The standard InChI is InChI=1S/C24H23N3O4/c1-17-13-14-20(31-17)15-26(2)21(28)16-27-22(29)24(25-23(27)30,18-9-5-3-6-10-18)19-11-7-4-8-12-19/h3-14H,15-16H2,1-2H3,(H,25,30). The second-order valence-electron chi connectivity index (χ2n) is 7.57. The maximum atomic E-state index is 13.6. The fourth-order valence-corrected chi connectivity index (χ4v) is 3.80. The van der Waals surface area contributed by atoms with Gasteiger partial charge in [-0.1, -0.05) is 60.7 Å². The third-order valence-corrected chi connectivity index (χ3v) is 5.43. The SMILES string of the molecule is Cc1ccc(CN(C)C(=O)CN2C(=O)NC(c3ccccc3)(c3ccccc3)C2=O)o1. The van der Waals surface area contributed by atoms with Gasteiger partial charge in [0, 0.05) is 7.05 Å². The van der Waals surface area contributed by atoms with Crippen molar-refractivity contribution in [2.45, 2.75) is 19.0 Å². The number of carbonyl (C=O) groups is 3. The minimum Gasteiger partial charge on any atom is -0.464 e. The van der Waals surface area contributed by atoms with E-state index in [2.05, 4.69) is 5.32 Å². The lowest BCUT2D eigenvalue weighted by Gasteiger charge is -2.28. The number of urea groups is 1. The molecule has 4 rings (SSSR count). The maximum absolute atomic E-state index is 13.6. The van der Waals surface area contributed by atoms with Gasteiger partial charge in [0.1, 0.15) is 18.1 Å². The summed E-state index contributed by atoms with van der Waals surface area (Å²) in [5.74, 6) is 0.536. The predicted molar refractivity (Wildman–Crippen MR) is 114 cm³/mol. The zero-order chi connectivity index (χ0) is 22.0. The van der Waals surface area contributed by atoms with Crippen LogP contribution >= 0.6 is 0 Å². The number of imide groups is 1. The number of furan rings is 1. The molecule has 1 N–H and O–H groups in total. The lowest BCUT2D eigenvalue weighted by atomic mass is 9.82. The quantitative estimate of drug-likeness (QED) is 0.625. The average Bonchev–Trinajstić information content (AvgIpc) is 3.30. The molecule has 0 aliphatic carbocycles. The summed E-state index contributed by atoms with van der Waals surface area (Å²) in [4.78, 5) is 41.7. The fraction of sp³-hybridized carbons (Fsp3) is 0.208. The van der Waals surface area contributed by atoms with E-state index in [4.69, 9.17) is 4.42 Å². The smallest absolute Gasteiger partial charge is 0.326 e. The van der Waals surface area contributed by atoms with Crippen molar-refractivity contribution >= 4 is 17.8 Å². The van der Waals surface area contributed by atoms with Gasteiger partial charge in [-0.05, 0) is 30.2 Å². The molecule has 0 radical (unpaired) electrons. The summed E-state index contributed by atoms with van der Waals surface area (Å²) < 4.78 is 5.51. The Hall–Kier alpha value is -3.87. The first-order valence-electron chi connectivity index (χ1n) is 9.96. The van der Waals surface area contributed by atoms with E-state index in [1.165, 1.54) is 4.90 Å². The van der Waals surface area contributed by atoms with Crippen LogP contribution in [0.25, 0.3) is 0 Å². The Bertz CT molecular complexity index is 1070. The third-order valence-electron chi connectivity index (χ3n) is 5.43. The van der Waals surface area contributed by atoms with Crippen LogP contribution in [0.5, 0.6) is 0 Å². The molecule has 0 atom stereocenters. The van der Waals surface area contributed by atoms with E-state index < -0.39 is 17.5 Å². The number of hydrogen-bond acceptors (Lipinski definition) is 4. The van der Waals surface area contributed by atoms with Crippen molar-refractivity contribution in [1.29, 1.82) is 0 Å². The van der Waals surface area contributed by atoms with Crippen LogP contribution in [0.2, 0.25) is 0 Å². The Morgan fingerprint density at radius 1 is 0.968 bits per heavy atom. The highest BCUT2D eigenvalue weighted by atomic mass is 16.3. The lowest BCUT2D eigenvalue weighted by Crippen LogP contribution is -2.46. The molecule has 1 aromatic heterocycles. The van der Waals surface area contributed by atoms with Gasteiger partial charge in [-0.3, -0.25) is 14.5 Å². The molecular weight excluding hydrogens is 394 g/mol. The Balaban J connectivity index is 1.61. The van der Waals surface area contributed by atoms with Gasteiger partial charge in [-0.15, -0.1) is 0 Å². The van der Waals surface area contributed by atoms with E-state index in [1.54, 1.807) is 37.4 Å². The van der Waals surface area contributed by atoms with Gasteiger partial charge in [-0.2, -0.15) is 0 Å². The molecule has 7 heteroatoms. The molecule has 0 saturated carbocycles. The average molecular weight is 417 g/mol. The van der Waals surface area contributed by atoms with Gasteiger partial charge in [-0.25, -0.2) is 4.79 Å². The van der Waals surface area contributed by atoms with Gasteiger partial charge >= 0.3 is 6.03 Å². The first-order chi connectivity index (χ1) is 14.9. The van der Waals surface area contributed by atoms with E-state index in [0.717, 1.165) is 10.7 Å². The zero-order valence-electron chi connectivity index (χ0n) is 17.4. The van der Waals surface area contributed by atoms with Crippen molar-refractivity contribution in [3.63, 3.8) is 0 Å². The fourth-order valence-electron chi connectivity index (χ4n) is 3.80. The molecule has 158 valence electrons. The van der Waals surface area contributed by atoms with E-state index in [-0.39, 0.29) is 19.0 Å². The first-order valence-corrected chi connectivity index (χ1v) is 9.96. The summed E-state index contributed by atoms with van der Waals surface area (Å²) in [5, 5.41) is 2.85. The Labute approximate surface area is 180 Å². The number of nitrogens with zero attached hydrogens (tertiary/aromatic N) is 2. The molecule has 1 aliphatic rings. The predicted octanol–water partition coefficient (Wildman–Crippen LogP) is 3.04. The summed E-state index contributed by atoms with van der Waals surface area (Å²) in [7, 11) is 1.61. The second-order valence-corrected chi connectivity index (χ2v) is 7.57. The van der Waals surface area contributed by atoms with E-state index >= 15 is 0 Å². The van der Waals surface area contributed by atoms with Crippen LogP contribution in [0, 0.1) is 6.92 Å². The van der Waals surface area contributed by atoms with Crippen molar-refractivity contribution in [2.75, 3.05) is 13.6 Å². The van der Waals surface area contributed by atoms with Crippen molar-refractivity contribution in [3.05, 3.63) is 95.4 Å². The highest BCUT2D eigenvalue weighted by Gasteiger charge is 2.54. The van der Waals surface area contributed by atoms with Gasteiger partial charge in [0.05, 0.1) is 6.54 Å². The minimum atomic E-state index is -1.38. The number of amides is 4. The van der Waals surface area contributed by atoms with Crippen LogP contribution in [-0.2, 0) is 21.7 Å². The number of nitrogens with one attached hydrogen (secondary N) is 1. The summed E-state index contributed by atoms with van der Waals surface area (Å²) in [6.07, 6.45) is 0. The summed E-state index contributed by atoms with van der Waals surface area (Å²) >= 11 is 0. The molecule has 3 aromatic rings. The van der Waals surface area contributed by atoms with Crippen LogP contribution in [0.4, 0.5) is 4.79 Å². The van der Waals surface area contributed by atoms with Crippen molar-refractivity contribution in [2.24, 2.45) is 0 Å². The molecule has 4 amide bonds. The molecule has 7 nitrogen and oxygen atoms in total. The largest absolute Gasteiger partial charge is 0.464 e. The summed E-state index contributed by atoms with van der Waals surface area (Å²) in [5.41, 5.74) is -0.112. The highest BCUT2D eigenvalue weighted by Crippen LogP contribution is 2.35. The number of hydrogen-bond donors (Lipinski definition) is 1. The second kappa shape index (κ2) is 8.10. The molecule has 2 heterocycles. The molecule has 1 aliphatic heterocycles. The van der Waals surface area contributed by atoms with E-state index in [1.807, 2.05) is 49.4 Å². The lowest BCUT2D eigenvalue weighted by molar-refractivity contribution is -0.138. The van der Waals surface area contributed by atoms with Gasteiger partial charge in [0.2, 0.25) is 5.91 Å². The van der Waals surface area contributed by atoms with Crippen LogP contribution < -0.4 is 5.32 Å². The van der Waals surface area contributed by atoms with Crippen LogP contribution in [0.3, 0.4) is 0 Å². The molecule has 0 spiro atoms. The normalized spacial score (nSPS) is 15.1. The third kappa shape index (κ3) is 3.70. The van der Waals surface area contributed by atoms with Crippen molar-refractivity contribution in [1.82, 2.24) is 15.1 Å². The van der Waals surface area contributed by atoms with Crippen LogP contribution in [-0.4, -0.2) is 41.2 Å². The number of rotatable bonds is 6. The van der Waals surface area contributed by atoms with Crippen molar-refractivity contribution in [3.8, 4) is 0 Å². The zero-order valence-corrected chi connectivity index (χ0v) is 17.4. The number of benzene rings is 2. The summed E-state index contributed by atoms with van der Waals surface area (Å²) in [6.45, 7) is 1.71. The highest BCUT2D eigenvalue weighted by molar-refractivity contribution is 6.11. The number of carbonyl (C=O) groups excluding carboxylic acids is 3. The van der Waals surface area contributed by atoms with Gasteiger partial charge in [0.15, 0.2) is 5.54 Å². The van der Waals surface area contributed by atoms with Gasteiger partial charge in [0.25, 0.3) is 5.91 Å². The molecule has 0 bridgehead atoms. The first kappa shape index (κ1) is 20.4. The monoisotopic (exact) mass is 417 g/mol. The van der Waals surface area contributed by atoms with E-state index in [0.29, 0.717) is 16.9 Å². The van der Waals surface area contributed by atoms with Crippen LogP contribution in [0.15, 0.2) is 77.2 Å². The van der Waals surface area contributed by atoms with Gasteiger partial charge < -0.3 is 14.6 Å². The van der Waals surface area contributed by atoms with Crippen molar-refractivity contribution < 1.29 is 18.8 Å². The molecule has 1 fully saturated rings. The maximum Gasteiger partial charge on any atom is 0.326 e. The Morgan fingerprint density at radius 2 is 1.55 bits per heavy atom. The molecule has 0 unspecified atom stereocenters. The number of likely N-dealkylation sites (N-methyl/N-ethyl adjacent to an activating group) is 1. The minimum absolute atomic E-state index is 0.249.